The van der Waals surface area contributed by atoms with Crippen LogP contribution in [-0.4, -0.2) is 24.9 Å². The molecule has 0 bridgehead atoms. The van der Waals surface area contributed by atoms with E-state index in [9.17, 15) is 4.79 Å². The molecule has 3 aromatic rings. The first kappa shape index (κ1) is 13.4. The number of nitrogens with zero attached hydrogens (tertiary/aromatic N) is 4. The fourth-order valence-corrected chi connectivity index (χ4v) is 3.65. The molecule has 0 atom stereocenters. The van der Waals surface area contributed by atoms with Gasteiger partial charge in [-0.2, -0.15) is 16.9 Å². The molecule has 0 aliphatic heterocycles. The van der Waals surface area contributed by atoms with Gasteiger partial charge < -0.3 is 0 Å². The molecule has 0 amide bonds. The minimum Gasteiger partial charge on any atom is -0.272 e. The molecule has 3 rings (SSSR count). The Labute approximate surface area is 124 Å². The molecule has 7 heteroatoms. The molecule has 0 unspecified atom stereocenters. The summed E-state index contributed by atoms with van der Waals surface area (Å²) in [4.78, 5) is 17.3. The molecule has 0 aromatic carbocycles. The van der Waals surface area contributed by atoms with E-state index >= 15 is 0 Å². The van der Waals surface area contributed by atoms with Gasteiger partial charge in [0.15, 0.2) is 4.96 Å². The standard InChI is InChI=1S/C13H14N4OS2/c1-10-8-20-13-15-11(7-12(18)17(10)13)9-19-6-5-16-4-2-3-14-16/h2-4,7-8H,5-6,9H2,1H3. The summed E-state index contributed by atoms with van der Waals surface area (Å²) in [6, 6.07) is 3.55. The normalized spacial score (nSPS) is 11.2. The maximum atomic E-state index is 12.0. The van der Waals surface area contributed by atoms with Crippen LogP contribution in [0.4, 0.5) is 0 Å². The summed E-state index contributed by atoms with van der Waals surface area (Å²) in [6.07, 6.45) is 3.73. The Hall–Kier alpha value is -1.60. The molecular formula is C13H14N4OS2. The van der Waals surface area contributed by atoms with Crippen LogP contribution in [0.2, 0.25) is 0 Å². The quantitative estimate of drug-likeness (QED) is 0.678. The highest BCUT2D eigenvalue weighted by Gasteiger charge is 2.06. The smallest absolute Gasteiger partial charge is 0.258 e. The van der Waals surface area contributed by atoms with E-state index in [0.717, 1.165) is 34.4 Å². The summed E-state index contributed by atoms with van der Waals surface area (Å²) in [7, 11) is 0. The lowest BCUT2D eigenvalue weighted by atomic mass is 10.4. The molecule has 3 aromatic heterocycles. The second-order valence-corrected chi connectivity index (χ2v) is 6.34. The van der Waals surface area contributed by atoms with Gasteiger partial charge in [0.2, 0.25) is 0 Å². The zero-order valence-electron chi connectivity index (χ0n) is 11.0. The lowest BCUT2D eigenvalue weighted by Gasteiger charge is -2.03. The predicted molar refractivity (Wildman–Crippen MR) is 82.5 cm³/mol. The highest BCUT2D eigenvalue weighted by molar-refractivity contribution is 7.98. The number of thiazole rings is 1. The van der Waals surface area contributed by atoms with E-state index in [1.165, 1.54) is 11.3 Å². The fraction of sp³-hybridized carbons (Fsp3) is 0.308. The van der Waals surface area contributed by atoms with Crippen LogP contribution in [0.3, 0.4) is 0 Å². The molecule has 0 saturated carbocycles. The minimum absolute atomic E-state index is 0.0106. The first-order valence-electron chi connectivity index (χ1n) is 6.26. The summed E-state index contributed by atoms with van der Waals surface area (Å²) < 4.78 is 3.56. The molecule has 20 heavy (non-hydrogen) atoms. The fourth-order valence-electron chi connectivity index (χ4n) is 1.94. The number of aryl methyl sites for hydroxylation is 2. The minimum atomic E-state index is 0.0106. The molecule has 0 aliphatic carbocycles. The van der Waals surface area contributed by atoms with Crippen LogP contribution in [0.15, 0.2) is 34.7 Å². The Morgan fingerprint density at radius 1 is 1.45 bits per heavy atom. The average molecular weight is 306 g/mol. The topological polar surface area (TPSA) is 52.2 Å². The van der Waals surface area contributed by atoms with Crippen molar-refractivity contribution in [2.75, 3.05) is 5.75 Å². The predicted octanol–water partition coefficient (Wildman–Crippen LogP) is 2.19. The maximum Gasteiger partial charge on any atom is 0.258 e. The Morgan fingerprint density at radius 3 is 3.15 bits per heavy atom. The van der Waals surface area contributed by atoms with E-state index in [0.29, 0.717) is 0 Å². The Kier molecular flexibility index (Phi) is 3.88. The van der Waals surface area contributed by atoms with E-state index in [1.54, 1.807) is 28.4 Å². The van der Waals surface area contributed by atoms with Gasteiger partial charge >= 0.3 is 0 Å². The zero-order chi connectivity index (χ0) is 13.9. The molecular weight excluding hydrogens is 292 g/mol. The average Bonchev–Trinajstić information content (AvgIpc) is 3.05. The SMILES string of the molecule is Cc1csc2nc(CSCCn3cccn3)cc(=O)n12. The summed E-state index contributed by atoms with van der Waals surface area (Å²) in [5, 5.41) is 6.11. The molecule has 3 heterocycles. The Bertz CT molecular complexity index is 760. The molecule has 0 N–H and O–H groups in total. The monoisotopic (exact) mass is 306 g/mol. The van der Waals surface area contributed by atoms with Crippen LogP contribution >= 0.6 is 23.1 Å². The van der Waals surface area contributed by atoms with Crippen molar-refractivity contribution in [2.24, 2.45) is 0 Å². The Morgan fingerprint density at radius 2 is 2.35 bits per heavy atom. The van der Waals surface area contributed by atoms with Crippen LogP contribution in [0.25, 0.3) is 4.96 Å². The first-order valence-corrected chi connectivity index (χ1v) is 8.29. The van der Waals surface area contributed by atoms with Gasteiger partial charge in [-0.15, -0.1) is 11.3 Å². The Balaban J connectivity index is 1.64. The van der Waals surface area contributed by atoms with Gasteiger partial charge in [-0.25, -0.2) is 4.98 Å². The van der Waals surface area contributed by atoms with Crippen LogP contribution in [0, 0.1) is 6.92 Å². The summed E-state index contributed by atoms with van der Waals surface area (Å²) in [5.74, 6) is 1.70. The summed E-state index contributed by atoms with van der Waals surface area (Å²) in [5.41, 5.74) is 1.80. The van der Waals surface area contributed by atoms with Crippen LogP contribution in [0.1, 0.15) is 11.4 Å². The molecule has 0 spiro atoms. The number of thioether (sulfide) groups is 1. The van der Waals surface area contributed by atoms with Crippen LogP contribution in [0.5, 0.6) is 0 Å². The van der Waals surface area contributed by atoms with Gasteiger partial charge in [-0.3, -0.25) is 13.9 Å². The number of fused-ring (bicyclic) bond motifs is 1. The van der Waals surface area contributed by atoms with Crippen LogP contribution < -0.4 is 5.56 Å². The largest absolute Gasteiger partial charge is 0.272 e. The number of hydrogen-bond donors (Lipinski definition) is 0. The first-order chi connectivity index (χ1) is 9.74. The zero-order valence-corrected chi connectivity index (χ0v) is 12.7. The number of hydrogen-bond acceptors (Lipinski definition) is 5. The maximum absolute atomic E-state index is 12.0. The molecule has 0 aliphatic rings. The molecule has 5 nitrogen and oxygen atoms in total. The van der Waals surface area contributed by atoms with Crippen molar-refractivity contribution in [1.29, 1.82) is 0 Å². The lowest BCUT2D eigenvalue weighted by molar-refractivity contribution is 0.666. The van der Waals surface area contributed by atoms with E-state index < -0.39 is 0 Å². The second-order valence-electron chi connectivity index (χ2n) is 4.40. The van der Waals surface area contributed by atoms with E-state index in [-0.39, 0.29) is 5.56 Å². The van der Waals surface area contributed by atoms with E-state index in [2.05, 4.69) is 10.1 Å². The second kappa shape index (κ2) is 5.80. The molecule has 0 radical (unpaired) electrons. The molecule has 0 saturated heterocycles. The lowest BCUT2D eigenvalue weighted by Crippen LogP contribution is -2.14. The van der Waals surface area contributed by atoms with E-state index in [1.807, 2.05) is 29.2 Å². The van der Waals surface area contributed by atoms with E-state index in [4.69, 9.17) is 0 Å². The van der Waals surface area contributed by atoms with Gasteiger partial charge in [-0.1, -0.05) is 0 Å². The van der Waals surface area contributed by atoms with Crippen molar-refractivity contribution >= 4 is 28.1 Å². The molecule has 104 valence electrons. The third kappa shape index (κ3) is 2.78. The van der Waals surface area contributed by atoms with Crippen molar-refractivity contribution in [3.8, 4) is 0 Å². The van der Waals surface area contributed by atoms with Crippen molar-refractivity contribution in [3.63, 3.8) is 0 Å². The van der Waals surface area contributed by atoms with Crippen molar-refractivity contribution in [3.05, 3.63) is 51.6 Å². The molecule has 0 fully saturated rings. The highest BCUT2D eigenvalue weighted by Crippen LogP contribution is 2.14. The summed E-state index contributed by atoms with van der Waals surface area (Å²) >= 11 is 3.27. The van der Waals surface area contributed by atoms with Crippen molar-refractivity contribution < 1.29 is 0 Å². The third-order valence-corrected chi connectivity index (χ3v) is 4.82. The van der Waals surface area contributed by atoms with Gasteiger partial charge in [0, 0.05) is 47.6 Å². The van der Waals surface area contributed by atoms with Gasteiger partial charge in [-0.05, 0) is 13.0 Å². The van der Waals surface area contributed by atoms with Gasteiger partial charge in [0.25, 0.3) is 5.56 Å². The summed E-state index contributed by atoms with van der Waals surface area (Å²) in [6.45, 7) is 2.79. The number of aromatic nitrogens is 4. The number of rotatable bonds is 5. The van der Waals surface area contributed by atoms with Gasteiger partial charge in [0.05, 0.1) is 5.69 Å². The van der Waals surface area contributed by atoms with Crippen molar-refractivity contribution in [1.82, 2.24) is 19.2 Å². The van der Waals surface area contributed by atoms with Crippen molar-refractivity contribution in [2.45, 2.75) is 19.2 Å². The van der Waals surface area contributed by atoms with Crippen LogP contribution in [-0.2, 0) is 12.3 Å². The van der Waals surface area contributed by atoms with Gasteiger partial charge in [0.1, 0.15) is 0 Å². The third-order valence-electron chi connectivity index (χ3n) is 2.90. The highest BCUT2D eigenvalue weighted by atomic mass is 32.2.